The molecule has 0 N–H and O–H groups in total. The Morgan fingerprint density at radius 2 is 2.07 bits per heavy atom. The maximum atomic E-state index is 12.4. The van der Waals surface area contributed by atoms with Crippen LogP contribution in [0.2, 0.25) is 0 Å². The van der Waals surface area contributed by atoms with Crippen LogP contribution in [-0.4, -0.2) is 0 Å². The molecule has 0 bridgehead atoms. The molecule has 0 amide bonds. The number of hydrogen-bond acceptors (Lipinski definition) is 1. The first-order valence-electron chi connectivity index (χ1n) is 3.81. The van der Waals surface area contributed by atoms with E-state index in [1.165, 1.54) is 12.1 Å². The lowest BCUT2D eigenvalue weighted by atomic mass is 10.1. The molecule has 7 heteroatoms. The predicted octanol–water partition coefficient (Wildman–Crippen LogP) is 4.28. The molecule has 0 aliphatic heterocycles. The smallest absolute Gasteiger partial charge is 0.166 e. The normalized spacial score (nSPS) is 10.9. The molecule has 0 aliphatic rings. The minimum Gasteiger partial charge on any atom is -0.166 e. The summed E-state index contributed by atoms with van der Waals surface area (Å²) in [5.74, 6) is 0. The summed E-state index contributed by atoms with van der Waals surface area (Å²) in [6, 6.07) is 3.71. The van der Waals surface area contributed by atoms with Gasteiger partial charge in [0.1, 0.15) is 0 Å². The van der Waals surface area contributed by atoms with Crippen molar-refractivity contribution in [3.63, 3.8) is 0 Å². The number of halogens is 4. The van der Waals surface area contributed by atoms with Crippen LogP contribution in [0, 0.1) is 0 Å². The fourth-order valence-corrected chi connectivity index (χ4v) is 1.47. The Labute approximate surface area is 91.7 Å². The van der Waals surface area contributed by atoms with Gasteiger partial charge in [-0.25, -0.2) is 0 Å². The summed E-state index contributed by atoms with van der Waals surface area (Å²) in [6.07, 6.45) is -4.41. The molecule has 0 heterocycles. The Bertz CT molecular complexity index is 410. The van der Waals surface area contributed by atoms with E-state index in [1.54, 1.807) is 0 Å². The van der Waals surface area contributed by atoms with E-state index < -0.39 is 11.7 Å². The number of hydrogen-bond donors (Lipinski definition) is 0. The summed E-state index contributed by atoms with van der Waals surface area (Å²) in [5, 5.41) is 3.19. The highest BCUT2D eigenvalue weighted by molar-refractivity contribution is 9.10. The zero-order valence-corrected chi connectivity index (χ0v) is 8.88. The van der Waals surface area contributed by atoms with Gasteiger partial charge in [0, 0.05) is 9.38 Å². The van der Waals surface area contributed by atoms with E-state index >= 15 is 0 Å². The lowest BCUT2D eigenvalue weighted by Crippen LogP contribution is -2.06. The maximum absolute atomic E-state index is 12.4. The second kappa shape index (κ2) is 4.55. The van der Waals surface area contributed by atoms with Gasteiger partial charge in [-0.05, 0) is 23.2 Å². The van der Waals surface area contributed by atoms with Crippen LogP contribution in [0.3, 0.4) is 0 Å². The number of rotatable bonds is 2. The van der Waals surface area contributed by atoms with E-state index in [9.17, 15) is 13.2 Å². The molecule has 15 heavy (non-hydrogen) atoms. The highest BCUT2D eigenvalue weighted by atomic mass is 79.9. The van der Waals surface area contributed by atoms with E-state index in [1.807, 2.05) is 0 Å². The number of alkyl halides is 3. The first-order chi connectivity index (χ1) is 6.95. The molecule has 0 aliphatic carbocycles. The van der Waals surface area contributed by atoms with Gasteiger partial charge in [0.25, 0.3) is 0 Å². The zero-order chi connectivity index (χ0) is 11.5. The molecular formula is C8H5BrF3N3. The van der Waals surface area contributed by atoms with Crippen molar-refractivity contribution in [3.05, 3.63) is 44.2 Å². The lowest BCUT2D eigenvalue weighted by Gasteiger charge is -2.09. The first kappa shape index (κ1) is 11.9. The molecule has 0 saturated carbocycles. The van der Waals surface area contributed by atoms with Crippen LogP contribution in [0.1, 0.15) is 11.1 Å². The molecule has 1 aromatic rings. The molecule has 0 aromatic heterocycles. The van der Waals surface area contributed by atoms with Gasteiger partial charge in [0.05, 0.1) is 12.1 Å². The summed E-state index contributed by atoms with van der Waals surface area (Å²) in [4.78, 5) is 2.48. The summed E-state index contributed by atoms with van der Waals surface area (Å²) >= 11 is 2.81. The van der Waals surface area contributed by atoms with Crippen LogP contribution in [-0.2, 0) is 12.7 Å². The third kappa shape index (κ3) is 3.14. The van der Waals surface area contributed by atoms with Gasteiger partial charge < -0.3 is 0 Å². The van der Waals surface area contributed by atoms with Crippen molar-refractivity contribution in [3.8, 4) is 0 Å². The van der Waals surface area contributed by atoms with Gasteiger partial charge in [-0.1, -0.05) is 27.1 Å². The standard InChI is InChI=1S/C8H5BrF3N3/c9-7-2-1-5(4-14-15-13)3-6(7)8(10,11)12/h1-3H,4H2. The minimum absolute atomic E-state index is 0.0281. The van der Waals surface area contributed by atoms with Crippen molar-refractivity contribution in [1.29, 1.82) is 0 Å². The van der Waals surface area contributed by atoms with Crippen molar-refractivity contribution in [1.82, 2.24) is 0 Å². The molecule has 0 atom stereocenters. The minimum atomic E-state index is -4.41. The monoisotopic (exact) mass is 279 g/mol. The summed E-state index contributed by atoms with van der Waals surface area (Å²) in [6.45, 7) is -0.0904. The third-order valence-electron chi connectivity index (χ3n) is 1.65. The van der Waals surface area contributed by atoms with Crippen LogP contribution >= 0.6 is 15.9 Å². The van der Waals surface area contributed by atoms with E-state index in [-0.39, 0.29) is 11.0 Å². The quantitative estimate of drug-likeness (QED) is 0.441. The summed E-state index contributed by atoms with van der Waals surface area (Å²) < 4.78 is 37.2. The third-order valence-corrected chi connectivity index (χ3v) is 2.34. The molecule has 0 saturated heterocycles. The van der Waals surface area contributed by atoms with Gasteiger partial charge in [-0.15, -0.1) is 0 Å². The fraction of sp³-hybridized carbons (Fsp3) is 0.250. The largest absolute Gasteiger partial charge is 0.417 e. The van der Waals surface area contributed by atoms with Gasteiger partial charge in [0.15, 0.2) is 0 Å². The molecule has 0 spiro atoms. The second-order valence-corrected chi connectivity index (χ2v) is 3.56. The highest BCUT2D eigenvalue weighted by Gasteiger charge is 2.32. The Morgan fingerprint density at radius 3 is 2.60 bits per heavy atom. The predicted molar refractivity (Wildman–Crippen MR) is 52.0 cm³/mol. The highest BCUT2D eigenvalue weighted by Crippen LogP contribution is 2.35. The van der Waals surface area contributed by atoms with Crippen LogP contribution in [0.25, 0.3) is 10.4 Å². The first-order valence-corrected chi connectivity index (χ1v) is 4.61. The van der Waals surface area contributed by atoms with E-state index in [4.69, 9.17) is 5.53 Å². The molecule has 0 radical (unpaired) electrons. The van der Waals surface area contributed by atoms with Crippen LogP contribution in [0.15, 0.2) is 27.8 Å². The summed E-state index contributed by atoms with van der Waals surface area (Å²) in [5.41, 5.74) is 7.59. The summed E-state index contributed by atoms with van der Waals surface area (Å²) in [7, 11) is 0. The van der Waals surface area contributed by atoms with Crippen molar-refractivity contribution in [2.45, 2.75) is 12.7 Å². The topological polar surface area (TPSA) is 48.8 Å². The van der Waals surface area contributed by atoms with Crippen LogP contribution in [0.5, 0.6) is 0 Å². The number of azide groups is 1. The van der Waals surface area contributed by atoms with E-state index in [0.717, 1.165) is 6.07 Å². The average Bonchev–Trinajstić information content (AvgIpc) is 2.15. The fourth-order valence-electron chi connectivity index (χ4n) is 1.00. The molecule has 3 nitrogen and oxygen atoms in total. The lowest BCUT2D eigenvalue weighted by molar-refractivity contribution is -0.138. The van der Waals surface area contributed by atoms with Gasteiger partial charge in [0.2, 0.25) is 0 Å². The molecule has 1 aromatic carbocycles. The number of nitrogens with zero attached hydrogens (tertiary/aromatic N) is 3. The van der Waals surface area contributed by atoms with Crippen LogP contribution < -0.4 is 0 Å². The Hall–Kier alpha value is -1.20. The van der Waals surface area contributed by atoms with Gasteiger partial charge in [-0.3, -0.25) is 0 Å². The Morgan fingerprint density at radius 1 is 1.40 bits per heavy atom. The van der Waals surface area contributed by atoms with Crippen LogP contribution in [0.4, 0.5) is 13.2 Å². The Kier molecular flexibility index (Phi) is 3.60. The molecule has 1 rings (SSSR count). The van der Waals surface area contributed by atoms with E-state index in [0.29, 0.717) is 5.56 Å². The van der Waals surface area contributed by atoms with Gasteiger partial charge >= 0.3 is 6.18 Å². The van der Waals surface area contributed by atoms with Crippen molar-refractivity contribution >= 4 is 15.9 Å². The van der Waals surface area contributed by atoms with E-state index in [2.05, 4.69) is 26.0 Å². The molecule has 0 unspecified atom stereocenters. The van der Waals surface area contributed by atoms with Gasteiger partial charge in [-0.2, -0.15) is 13.2 Å². The Balaban J connectivity index is 3.11. The zero-order valence-electron chi connectivity index (χ0n) is 7.29. The van der Waals surface area contributed by atoms with Crippen molar-refractivity contribution in [2.24, 2.45) is 5.11 Å². The van der Waals surface area contributed by atoms with Crippen molar-refractivity contribution in [2.75, 3.05) is 0 Å². The molecule has 80 valence electrons. The van der Waals surface area contributed by atoms with Crippen molar-refractivity contribution < 1.29 is 13.2 Å². The maximum Gasteiger partial charge on any atom is 0.417 e. The SMILES string of the molecule is [N-]=[N+]=NCc1ccc(Br)c(C(F)(F)F)c1. The molecular weight excluding hydrogens is 275 g/mol. The average molecular weight is 280 g/mol. The molecule has 0 fully saturated rings. The second-order valence-electron chi connectivity index (χ2n) is 2.70. The number of benzene rings is 1.